The predicted octanol–water partition coefficient (Wildman–Crippen LogP) is 5.05. The molecule has 0 spiro atoms. The van der Waals surface area contributed by atoms with Crippen LogP contribution in [-0.2, 0) is 29.9 Å². The molecule has 0 radical (unpaired) electrons. The van der Waals surface area contributed by atoms with Gasteiger partial charge in [-0.3, -0.25) is 9.30 Å². The van der Waals surface area contributed by atoms with E-state index in [-0.39, 0.29) is 12.5 Å². The Hall–Kier alpha value is -3.00. The quantitative estimate of drug-likeness (QED) is 0.277. The minimum Gasteiger partial charge on any atom is -0.391 e. The van der Waals surface area contributed by atoms with Gasteiger partial charge in [-0.05, 0) is 62.0 Å². The number of aromatic nitrogens is 3. The smallest absolute Gasteiger partial charge is 0.391 e. The first-order valence-electron chi connectivity index (χ1n) is 13.0. The number of hydrogen-bond donors (Lipinski definition) is 2. The molecule has 5 rings (SSSR count). The second-order valence-electron chi connectivity index (χ2n) is 9.85. The number of anilines is 2. The average molecular weight is 594 g/mol. The molecule has 4 heterocycles. The molecule has 214 valence electrons. The van der Waals surface area contributed by atoms with E-state index in [1.165, 1.54) is 23.5 Å². The summed E-state index contributed by atoms with van der Waals surface area (Å²) in [6.07, 6.45) is 0.0421. The van der Waals surface area contributed by atoms with E-state index in [1.807, 2.05) is 34.2 Å². The van der Waals surface area contributed by atoms with Gasteiger partial charge in [-0.25, -0.2) is 18.4 Å². The summed E-state index contributed by atoms with van der Waals surface area (Å²) in [5.41, 5.74) is 3.00. The van der Waals surface area contributed by atoms with Crippen LogP contribution in [0.1, 0.15) is 47.4 Å². The van der Waals surface area contributed by atoms with Crippen LogP contribution < -0.4 is 4.90 Å². The first-order chi connectivity index (χ1) is 19.1. The maximum Gasteiger partial charge on any atom is 0.416 e. The maximum atomic E-state index is 13.1. The average Bonchev–Trinajstić information content (AvgIpc) is 3.53. The largest absolute Gasteiger partial charge is 0.416 e. The third-order valence-corrected chi connectivity index (χ3v) is 9.06. The summed E-state index contributed by atoms with van der Waals surface area (Å²) in [5, 5.41) is 10.6. The molecule has 1 aliphatic heterocycles. The Morgan fingerprint density at radius 2 is 1.80 bits per heavy atom. The highest BCUT2D eigenvalue weighted by molar-refractivity contribution is 7.72. The SMILES string of the molecule is CCc1nc2ccc(C3CCN(C[SH](=O)=O)CC3)cn2c1N(C)c1nc(-c2ccc(C(F)(F)F)cc2)c(CO)s1. The van der Waals surface area contributed by atoms with Crippen LogP contribution in [0.4, 0.5) is 24.1 Å². The Morgan fingerprint density at radius 1 is 1.10 bits per heavy atom. The molecular weight excluding hydrogens is 563 g/mol. The number of nitrogens with zero attached hydrogens (tertiary/aromatic N) is 5. The van der Waals surface area contributed by atoms with Crippen LogP contribution in [0, 0.1) is 0 Å². The number of halogens is 3. The van der Waals surface area contributed by atoms with Gasteiger partial charge < -0.3 is 10.0 Å². The summed E-state index contributed by atoms with van der Waals surface area (Å²) < 4.78 is 63.4. The molecule has 1 saturated heterocycles. The van der Waals surface area contributed by atoms with Gasteiger partial charge in [0.1, 0.15) is 11.5 Å². The zero-order valence-electron chi connectivity index (χ0n) is 22.1. The summed E-state index contributed by atoms with van der Waals surface area (Å²) in [4.78, 5) is 14.0. The van der Waals surface area contributed by atoms with E-state index in [1.54, 1.807) is 0 Å². The van der Waals surface area contributed by atoms with E-state index in [4.69, 9.17) is 9.97 Å². The van der Waals surface area contributed by atoms with Crippen LogP contribution in [0.25, 0.3) is 16.9 Å². The molecule has 0 amide bonds. The van der Waals surface area contributed by atoms with Crippen molar-refractivity contribution in [2.75, 3.05) is 30.9 Å². The van der Waals surface area contributed by atoms with Crippen LogP contribution in [-0.4, -0.2) is 58.8 Å². The monoisotopic (exact) mass is 593 g/mol. The highest BCUT2D eigenvalue weighted by Gasteiger charge is 2.30. The Balaban J connectivity index is 1.47. The van der Waals surface area contributed by atoms with E-state index in [9.17, 15) is 26.7 Å². The Labute approximate surface area is 235 Å². The van der Waals surface area contributed by atoms with Crippen molar-refractivity contribution in [2.24, 2.45) is 0 Å². The maximum absolute atomic E-state index is 13.1. The lowest BCUT2D eigenvalue weighted by Gasteiger charge is -2.30. The summed E-state index contributed by atoms with van der Waals surface area (Å²) in [5.74, 6) is 1.22. The van der Waals surface area contributed by atoms with Gasteiger partial charge in [0.15, 0.2) is 15.8 Å². The standard InChI is InChI=1S/C27H30F3N5O3S2/c1-3-21-25(35-14-19(6-9-23(35)31-21)17-10-12-34(13-11-17)16-40(37)38)33(2)26-32-24(22(15-36)39-26)18-4-7-20(8-5-18)27(28,29)30/h4-9,14,17,36,40H,3,10-13,15-16H2,1-2H3. The van der Waals surface area contributed by atoms with Crippen LogP contribution in [0.3, 0.4) is 0 Å². The summed E-state index contributed by atoms with van der Waals surface area (Å²) in [6.45, 7) is 3.17. The molecule has 0 atom stereocenters. The Morgan fingerprint density at radius 3 is 2.40 bits per heavy atom. The summed E-state index contributed by atoms with van der Waals surface area (Å²) in [6, 6.07) is 8.85. The number of thiazole rings is 1. The van der Waals surface area contributed by atoms with E-state index in [0.717, 1.165) is 60.8 Å². The minimum atomic E-state index is -4.43. The zero-order valence-corrected chi connectivity index (χ0v) is 23.8. The third-order valence-electron chi connectivity index (χ3n) is 7.31. The number of alkyl halides is 3. The van der Waals surface area contributed by atoms with Crippen molar-refractivity contribution < 1.29 is 26.7 Å². The number of thiol groups is 1. The van der Waals surface area contributed by atoms with Crippen molar-refractivity contribution in [1.82, 2.24) is 19.3 Å². The van der Waals surface area contributed by atoms with Crippen molar-refractivity contribution in [3.05, 3.63) is 64.3 Å². The number of pyridine rings is 1. The van der Waals surface area contributed by atoms with Crippen LogP contribution in [0.15, 0.2) is 42.6 Å². The molecule has 3 aromatic heterocycles. The number of benzene rings is 1. The van der Waals surface area contributed by atoms with Crippen molar-refractivity contribution in [3.63, 3.8) is 0 Å². The van der Waals surface area contributed by atoms with Gasteiger partial charge in [0.2, 0.25) is 0 Å². The van der Waals surface area contributed by atoms with Gasteiger partial charge in [-0.2, -0.15) is 13.2 Å². The van der Waals surface area contributed by atoms with Crippen LogP contribution >= 0.6 is 11.3 Å². The van der Waals surface area contributed by atoms with Crippen molar-refractivity contribution in [2.45, 2.75) is 44.9 Å². The lowest BCUT2D eigenvalue weighted by atomic mass is 9.91. The molecule has 1 aliphatic rings. The molecule has 0 unspecified atom stereocenters. The molecule has 0 saturated carbocycles. The fourth-order valence-electron chi connectivity index (χ4n) is 5.23. The molecule has 0 bridgehead atoms. The van der Waals surface area contributed by atoms with Crippen molar-refractivity contribution in [3.8, 4) is 11.3 Å². The number of fused-ring (bicyclic) bond motifs is 1. The number of rotatable bonds is 8. The molecule has 1 aromatic carbocycles. The van der Waals surface area contributed by atoms with Crippen molar-refractivity contribution in [1.29, 1.82) is 0 Å². The van der Waals surface area contributed by atoms with Gasteiger partial charge in [-0.15, -0.1) is 0 Å². The van der Waals surface area contributed by atoms with Crippen LogP contribution in [0.2, 0.25) is 0 Å². The number of imidazole rings is 1. The molecular formula is C27H30F3N5O3S2. The molecule has 8 nitrogen and oxygen atoms in total. The molecule has 1 N–H and O–H groups in total. The number of likely N-dealkylation sites (tertiary alicyclic amines) is 1. The lowest BCUT2D eigenvalue weighted by molar-refractivity contribution is -0.137. The fraction of sp³-hybridized carbons (Fsp3) is 0.407. The lowest BCUT2D eigenvalue weighted by Crippen LogP contribution is -2.34. The highest BCUT2D eigenvalue weighted by Crippen LogP contribution is 2.39. The second kappa shape index (κ2) is 11.5. The molecule has 13 heteroatoms. The highest BCUT2D eigenvalue weighted by atomic mass is 32.2. The Bertz CT molecular complexity index is 1560. The Kier molecular flexibility index (Phi) is 8.18. The molecule has 40 heavy (non-hydrogen) atoms. The number of aryl methyl sites for hydroxylation is 1. The normalized spacial score (nSPS) is 15.4. The van der Waals surface area contributed by atoms with Crippen LogP contribution in [0.5, 0.6) is 0 Å². The summed E-state index contributed by atoms with van der Waals surface area (Å²) in [7, 11) is -0.560. The molecule has 1 fully saturated rings. The number of piperidine rings is 1. The van der Waals surface area contributed by atoms with Gasteiger partial charge in [-0.1, -0.05) is 36.5 Å². The van der Waals surface area contributed by atoms with Crippen molar-refractivity contribution >= 4 is 38.6 Å². The summed E-state index contributed by atoms with van der Waals surface area (Å²) >= 11 is 1.28. The first kappa shape index (κ1) is 28.5. The number of aliphatic hydroxyl groups excluding tert-OH is 1. The number of hydrogen-bond acceptors (Lipinski definition) is 8. The van der Waals surface area contributed by atoms with E-state index in [2.05, 4.69) is 12.3 Å². The number of aliphatic hydroxyl groups is 1. The first-order valence-corrected chi connectivity index (χ1v) is 15.1. The molecule has 4 aromatic rings. The van der Waals surface area contributed by atoms with E-state index < -0.39 is 22.4 Å². The van der Waals surface area contributed by atoms with Gasteiger partial charge >= 0.3 is 6.18 Å². The van der Waals surface area contributed by atoms with E-state index >= 15 is 0 Å². The fourth-order valence-corrected chi connectivity index (χ4v) is 6.74. The second-order valence-corrected chi connectivity index (χ2v) is 11.9. The van der Waals surface area contributed by atoms with E-state index in [0.29, 0.717) is 33.6 Å². The van der Waals surface area contributed by atoms with Gasteiger partial charge in [0, 0.05) is 18.8 Å². The molecule has 0 aliphatic carbocycles. The predicted molar refractivity (Wildman–Crippen MR) is 150 cm³/mol. The third kappa shape index (κ3) is 5.73. The minimum absolute atomic E-state index is 0.0928. The zero-order chi connectivity index (χ0) is 28.6. The topological polar surface area (TPSA) is 91.0 Å². The van der Waals surface area contributed by atoms with Gasteiger partial charge in [0.25, 0.3) is 0 Å². The van der Waals surface area contributed by atoms with Gasteiger partial charge in [0.05, 0.1) is 34.3 Å².